The van der Waals surface area contributed by atoms with Crippen molar-refractivity contribution in [1.82, 2.24) is 5.32 Å². The SMILES string of the molecule is CCC(C)CC(CC)Nc1ccc2c(c1)C(=O)NC2=O. The van der Waals surface area contributed by atoms with Crippen LogP contribution in [0.4, 0.5) is 5.69 Å². The normalized spacial score (nSPS) is 16.6. The van der Waals surface area contributed by atoms with E-state index < -0.39 is 0 Å². The summed E-state index contributed by atoms with van der Waals surface area (Å²) in [6.45, 7) is 6.60. The topological polar surface area (TPSA) is 58.2 Å². The molecule has 2 unspecified atom stereocenters. The second kappa shape index (κ2) is 6.07. The summed E-state index contributed by atoms with van der Waals surface area (Å²) in [7, 11) is 0. The number of carbonyl (C=O) groups excluding carboxylic acids is 2. The molecule has 1 heterocycles. The number of rotatable bonds is 6. The Morgan fingerprint density at radius 1 is 1.10 bits per heavy atom. The van der Waals surface area contributed by atoms with Gasteiger partial charge in [-0.05, 0) is 37.0 Å². The van der Waals surface area contributed by atoms with E-state index in [1.807, 2.05) is 6.07 Å². The van der Waals surface area contributed by atoms with Crippen LogP contribution in [0.2, 0.25) is 0 Å². The summed E-state index contributed by atoms with van der Waals surface area (Å²) in [5.41, 5.74) is 1.85. The molecule has 1 aromatic carbocycles. The van der Waals surface area contributed by atoms with Crippen molar-refractivity contribution in [3.05, 3.63) is 29.3 Å². The highest BCUT2D eigenvalue weighted by molar-refractivity contribution is 6.21. The lowest BCUT2D eigenvalue weighted by molar-refractivity contribution is 0.0879. The van der Waals surface area contributed by atoms with E-state index in [1.165, 1.54) is 6.42 Å². The minimum absolute atomic E-state index is 0.302. The Bertz CT molecular complexity index is 525. The minimum atomic E-state index is -0.303. The molecule has 0 spiro atoms. The summed E-state index contributed by atoms with van der Waals surface area (Å²) in [6.07, 6.45) is 3.31. The van der Waals surface area contributed by atoms with E-state index in [0.29, 0.717) is 23.1 Å². The molecule has 2 atom stereocenters. The molecule has 2 amide bonds. The highest BCUT2D eigenvalue weighted by Crippen LogP contribution is 2.23. The Morgan fingerprint density at radius 2 is 1.80 bits per heavy atom. The molecule has 1 aliphatic rings. The van der Waals surface area contributed by atoms with Crippen LogP contribution in [0.15, 0.2) is 18.2 Å². The smallest absolute Gasteiger partial charge is 0.259 e. The van der Waals surface area contributed by atoms with Crippen LogP contribution in [-0.2, 0) is 0 Å². The first-order valence-electron chi connectivity index (χ1n) is 7.31. The van der Waals surface area contributed by atoms with Gasteiger partial charge in [-0.3, -0.25) is 14.9 Å². The zero-order chi connectivity index (χ0) is 14.7. The molecule has 4 nitrogen and oxygen atoms in total. The number of hydrogen-bond acceptors (Lipinski definition) is 3. The molecule has 4 heteroatoms. The average molecular weight is 274 g/mol. The second-order valence-corrected chi connectivity index (χ2v) is 5.54. The monoisotopic (exact) mass is 274 g/mol. The first kappa shape index (κ1) is 14.6. The molecule has 1 aliphatic heterocycles. The van der Waals surface area contributed by atoms with Crippen molar-refractivity contribution < 1.29 is 9.59 Å². The Labute approximate surface area is 119 Å². The molecule has 0 radical (unpaired) electrons. The molecular weight excluding hydrogens is 252 g/mol. The molecule has 2 N–H and O–H groups in total. The van der Waals surface area contributed by atoms with Crippen molar-refractivity contribution in [3.8, 4) is 0 Å². The second-order valence-electron chi connectivity index (χ2n) is 5.54. The lowest BCUT2D eigenvalue weighted by atomic mass is 9.97. The van der Waals surface area contributed by atoms with Crippen molar-refractivity contribution >= 4 is 17.5 Å². The van der Waals surface area contributed by atoms with Gasteiger partial charge in [0.25, 0.3) is 11.8 Å². The maximum atomic E-state index is 11.6. The third-order valence-electron chi connectivity index (χ3n) is 3.98. The third kappa shape index (κ3) is 3.00. The first-order valence-corrected chi connectivity index (χ1v) is 7.31. The zero-order valence-corrected chi connectivity index (χ0v) is 12.3. The Balaban J connectivity index is 2.12. The van der Waals surface area contributed by atoms with E-state index in [-0.39, 0.29) is 11.8 Å². The van der Waals surface area contributed by atoms with Gasteiger partial charge in [0.1, 0.15) is 0 Å². The molecular formula is C16H22N2O2. The van der Waals surface area contributed by atoms with Gasteiger partial charge in [0.2, 0.25) is 0 Å². The third-order valence-corrected chi connectivity index (χ3v) is 3.98. The molecule has 0 aliphatic carbocycles. The van der Waals surface area contributed by atoms with Crippen molar-refractivity contribution in [2.24, 2.45) is 5.92 Å². The predicted molar refractivity (Wildman–Crippen MR) is 80.0 cm³/mol. The van der Waals surface area contributed by atoms with Gasteiger partial charge < -0.3 is 5.32 Å². The van der Waals surface area contributed by atoms with Crippen molar-refractivity contribution in [1.29, 1.82) is 0 Å². The molecule has 0 saturated heterocycles. The number of fused-ring (bicyclic) bond motifs is 1. The predicted octanol–water partition coefficient (Wildman–Crippen LogP) is 3.20. The number of benzene rings is 1. The fourth-order valence-electron chi connectivity index (χ4n) is 2.47. The molecule has 20 heavy (non-hydrogen) atoms. The van der Waals surface area contributed by atoms with Gasteiger partial charge in [-0.1, -0.05) is 27.2 Å². The average Bonchev–Trinajstić information content (AvgIpc) is 2.72. The quantitative estimate of drug-likeness (QED) is 0.783. The number of amides is 2. The number of carbonyl (C=O) groups is 2. The highest BCUT2D eigenvalue weighted by atomic mass is 16.2. The molecule has 0 bridgehead atoms. The maximum absolute atomic E-state index is 11.6. The van der Waals surface area contributed by atoms with Crippen molar-refractivity contribution in [2.45, 2.75) is 46.1 Å². The fourth-order valence-corrected chi connectivity index (χ4v) is 2.47. The summed E-state index contributed by atoms with van der Waals surface area (Å²) < 4.78 is 0. The lowest BCUT2D eigenvalue weighted by Crippen LogP contribution is -2.21. The molecule has 0 fully saturated rings. The molecule has 1 aromatic rings. The molecule has 0 saturated carbocycles. The maximum Gasteiger partial charge on any atom is 0.259 e. The van der Waals surface area contributed by atoms with Gasteiger partial charge in [0.15, 0.2) is 0 Å². The Kier molecular flexibility index (Phi) is 4.42. The summed E-state index contributed by atoms with van der Waals surface area (Å²) in [4.78, 5) is 23.1. The summed E-state index contributed by atoms with van der Waals surface area (Å²) in [5, 5.41) is 5.78. The summed E-state index contributed by atoms with van der Waals surface area (Å²) in [5.74, 6) is 0.0681. The largest absolute Gasteiger partial charge is 0.382 e. The molecule has 2 rings (SSSR count). The van der Waals surface area contributed by atoms with Gasteiger partial charge in [0, 0.05) is 11.7 Å². The Hall–Kier alpha value is -1.84. The van der Waals surface area contributed by atoms with E-state index in [0.717, 1.165) is 18.5 Å². The minimum Gasteiger partial charge on any atom is -0.382 e. The van der Waals surface area contributed by atoms with Gasteiger partial charge in [-0.15, -0.1) is 0 Å². The van der Waals surface area contributed by atoms with Gasteiger partial charge in [-0.25, -0.2) is 0 Å². The molecule has 0 aromatic heterocycles. The number of imide groups is 1. The molecule has 108 valence electrons. The first-order chi connectivity index (χ1) is 9.55. The van der Waals surface area contributed by atoms with Crippen LogP contribution in [0.5, 0.6) is 0 Å². The van der Waals surface area contributed by atoms with Crippen LogP contribution >= 0.6 is 0 Å². The van der Waals surface area contributed by atoms with Gasteiger partial charge >= 0.3 is 0 Å². The van der Waals surface area contributed by atoms with E-state index in [2.05, 4.69) is 31.4 Å². The summed E-state index contributed by atoms with van der Waals surface area (Å²) in [6, 6.07) is 5.75. The van der Waals surface area contributed by atoms with Gasteiger partial charge in [0.05, 0.1) is 11.1 Å². The van der Waals surface area contributed by atoms with Crippen molar-refractivity contribution in [2.75, 3.05) is 5.32 Å². The highest BCUT2D eigenvalue weighted by Gasteiger charge is 2.26. The van der Waals surface area contributed by atoms with Crippen molar-refractivity contribution in [3.63, 3.8) is 0 Å². The fraction of sp³-hybridized carbons (Fsp3) is 0.500. The van der Waals surface area contributed by atoms with E-state index >= 15 is 0 Å². The number of nitrogens with one attached hydrogen (secondary N) is 2. The van der Waals surface area contributed by atoms with Gasteiger partial charge in [-0.2, -0.15) is 0 Å². The van der Waals surface area contributed by atoms with Crippen LogP contribution < -0.4 is 10.6 Å². The van der Waals surface area contributed by atoms with Crippen LogP contribution in [-0.4, -0.2) is 17.9 Å². The van der Waals surface area contributed by atoms with Crippen LogP contribution in [0.1, 0.15) is 60.7 Å². The number of hydrogen-bond donors (Lipinski definition) is 2. The standard InChI is InChI=1S/C16H22N2O2/c1-4-10(3)8-11(5-2)17-12-6-7-13-14(9-12)16(20)18-15(13)19/h6-7,9-11,17H,4-5,8H2,1-3H3,(H,18,19,20). The van der Waals surface area contributed by atoms with Crippen LogP contribution in [0.25, 0.3) is 0 Å². The lowest BCUT2D eigenvalue weighted by Gasteiger charge is -2.21. The van der Waals surface area contributed by atoms with E-state index in [1.54, 1.807) is 12.1 Å². The van der Waals surface area contributed by atoms with E-state index in [9.17, 15) is 9.59 Å². The summed E-state index contributed by atoms with van der Waals surface area (Å²) >= 11 is 0. The van der Waals surface area contributed by atoms with Crippen LogP contribution in [0, 0.1) is 5.92 Å². The van der Waals surface area contributed by atoms with Crippen LogP contribution in [0.3, 0.4) is 0 Å². The Morgan fingerprint density at radius 3 is 2.45 bits per heavy atom. The number of anilines is 1. The van der Waals surface area contributed by atoms with E-state index in [4.69, 9.17) is 0 Å². The zero-order valence-electron chi connectivity index (χ0n) is 12.3.